The van der Waals surface area contributed by atoms with E-state index in [9.17, 15) is 9.59 Å². The van der Waals surface area contributed by atoms with Crippen molar-refractivity contribution in [3.8, 4) is 11.1 Å². The first kappa shape index (κ1) is 24.2. The maximum absolute atomic E-state index is 15.9. The van der Waals surface area contributed by atoms with Gasteiger partial charge in [-0.25, -0.2) is 9.37 Å². The standard InChI is InChI=1S/C27H30FN3O2S/c1-16(2)20-11-12-21(24(25(20)28)18-8-5-4-6-9-18)26(31-27(33)22-10-7-13-29-22)23(32)14-19-15-34-17(3)30-19/h4-6,8-9,11-12,15-16,22,26,29H,7,10,13-14H2,1-3H3,(H,31,33). The first-order chi connectivity index (χ1) is 16.3. The number of carbonyl (C=O) groups is 2. The summed E-state index contributed by atoms with van der Waals surface area (Å²) in [6, 6.07) is 11.4. The Kier molecular flexibility index (Phi) is 7.54. The first-order valence-electron chi connectivity index (χ1n) is 11.7. The van der Waals surface area contributed by atoms with E-state index in [4.69, 9.17) is 0 Å². The van der Waals surface area contributed by atoms with E-state index in [2.05, 4.69) is 15.6 Å². The molecule has 2 unspecified atom stereocenters. The molecule has 1 aliphatic heterocycles. The molecule has 5 nitrogen and oxygen atoms in total. The highest BCUT2D eigenvalue weighted by Gasteiger charge is 2.32. The SMILES string of the molecule is Cc1nc(CC(=O)C(NC(=O)C2CCCN2)c2ccc(C(C)C)c(F)c2-c2ccccc2)cs1. The average Bonchev–Trinajstić information content (AvgIpc) is 3.49. The molecule has 1 aromatic heterocycles. The second-order valence-electron chi connectivity index (χ2n) is 9.05. The molecule has 0 saturated carbocycles. The van der Waals surface area contributed by atoms with Crippen LogP contribution in [0.15, 0.2) is 47.8 Å². The molecule has 0 bridgehead atoms. The third kappa shape index (κ3) is 5.26. The number of thiazole rings is 1. The summed E-state index contributed by atoms with van der Waals surface area (Å²) in [6.45, 7) is 6.53. The smallest absolute Gasteiger partial charge is 0.237 e. The number of carbonyl (C=O) groups excluding carboxylic acids is 2. The maximum Gasteiger partial charge on any atom is 0.237 e. The van der Waals surface area contributed by atoms with Crippen LogP contribution in [0.1, 0.15) is 60.5 Å². The summed E-state index contributed by atoms with van der Waals surface area (Å²) in [4.78, 5) is 31.1. The average molecular weight is 480 g/mol. The minimum Gasteiger partial charge on any atom is -0.341 e. The zero-order chi connectivity index (χ0) is 24.2. The van der Waals surface area contributed by atoms with Gasteiger partial charge in [0.2, 0.25) is 5.91 Å². The van der Waals surface area contributed by atoms with E-state index in [0.29, 0.717) is 34.4 Å². The molecule has 4 rings (SSSR count). The fourth-order valence-corrected chi connectivity index (χ4v) is 5.06. The molecule has 3 aromatic rings. The molecule has 1 fully saturated rings. The zero-order valence-corrected chi connectivity index (χ0v) is 20.5. The predicted molar refractivity (Wildman–Crippen MR) is 133 cm³/mol. The van der Waals surface area contributed by atoms with Gasteiger partial charge in [-0.2, -0.15) is 0 Å². The van der Waals surface area contributed by atoms with Gasteiger partial charge in [0.15, 0.2) is 5.78 Å². The van der Waals surface area contributed by atoms with E-state index in [1.165, 1.54) is 11.3 Å². The Balaban J connectivity index is 1.80. The van der Waals surface area contributed by atoms with Crippen molar-refractivity contribution < 1.29 is 14.0 Å². The van der Waals surface area contributed by atoms with Crippen LogP contribution >= 0.6 is 11.3 Å². The normalized spacial score (nSPS) is 16.6. The second kappa shape index (κ2) is 10.6. The fraction of sp³-hybridized carbons (Fsp3) is 0.370. The van der Waals surface area contributed by atoms with Crippen molar-refractivity contribution in [2.45, 2.75) is 58.0 Å². The summed E-state index contributed by atoms with van der Waals surface area (Å²) in [5, 5.41) is 8.85. The van der Waals surface area contributed by atoms with Crippen LogP contribution < -0.4 is 10.6 Å². The van der Waals surface area contributed by atoms with Crippen LogP contribution in [0.4, 0.5) is 4.39 Å². The molecule has 178 valence electrons. The van der Waals surface area contributed by atoms with E-state index in [-0.39, 0.29) is 35.9 Å². The molecule has 0 radical (unpaired) electrons. The Morgan fingerprint density at radius 1 is 1.18 bits per heavy atom. The summed E-state index contributed by atoms with van der Waals surface area (Å²) in [5.74, 6) is -0.835. The van der Waals surface area contributed by atoms with Gasteiger partial charge in [-0.05, 0) is 48.9 Å². The summed E-state index contributed by atoms with van der Waals surface area (Å²) in [7, 11) is 0. The number of nitrogens with zero attached hydrogens (tertiary/aromatic N) is 1. The van der Waals surface area contributed by atoms with Crippen molar-refractivity contribution in [2.75, 3.05) is 6.54 Å². The molecule has 2 N–H and O–H groups in total. The van der Waals surface area contributed by atoms with Crippen molar-refractivity contribution in [1.82, 2.24) is 15.6 Å². The Bertz CT molecular complexity index is 1170. The van der Waals surface area contributed by atoms with Gasteiger partial charge in [0.25, 0.3) is 0 Å². The van der Waals surface area contributed by atoms with E-state index in [1.54, 1.807) is 12.1 Å². The van der Waals surface area contributed by atoms with Crippen molar-refractivity contribution in [1.29, 1.82) is 0 Å². The van der Waals surface area contributed by atoms with Gasteiger partial charge in [-0.3, -0.25) is 9.59 Å². The molecule has 7 heteroatoms. The quantitative estimate of drug-likeness (QED) is 0.471. The first-order valence-corrected chi connectivity index (χ1v) is 12.6. The van der Waals surface area contributed by atoms with E-state index >= 15 is 4.39 Å². The lowest BCUT2D eigenvalue weighted by Gasteiger charge is -2.24. The lowest BCUT2D eigenvalue weighted by molar-refractivity contribution is -0.128. The van der Waals surface area contributed by atoms with Gasteiger partial charge in [-0.15, -0.1) is 11.3 Å². The van der Waals surface area contributed by atoms with Gasteiger partial charge >= 0.3 is 0 Å². The molecule has 1 amide bonds. The summed E-state index contributed by atoms with van der Waals surface area (Å²) in [6.07, 6.45) is 1.68. The summed E-state index contributed by atoms with van der Waals surface area (Å²) >= 11 is 1.48. The van der Waals surface area contributed by atoms with E-state index in [1.807, 2.05) is 56.5 Å². The van der Waals surface area contributed by atoms with Crippen LogP contribution in [0.5, 0.6) is 0 Å². The third-order valence-electron chi connectivity index (χ3n) is 6.21. The number of benzene rings is 2. The number of nitrogens with one attached hydrogen (secondary N) is 2. The molecule has 0 aliphatic carbocycles. The predicted octanol–water partition coefficient (Wildman–Crippen LogP) is 5.10. The minimum absolute atomic E-state index is 0.0269. The second-order valence-corrected chi connectivity index (χ2v) is 10.1. The Morgan fingerprint density at radius 2 is 1.91 bits per heavy atom. The number of aromatic nitrogens is 1. The molecular formula is C27H30FN3O2S. The largest absolute Gasteiger partial charge is 0.341 e. The number of amides is 1. The monoisotopic (exact) mass is 479 g/mol. The van der Waals surface area contributed by atoms with Crippen molar-refractivity contribution in [2.24, 2.45) is 0 Å². The van der Waals surface area contributed by atoms with Crippen molar-refractivity contribution >= 4 is 23.0 Å². The Morgan fingerprint density at radius 3 is 2.53 bits per heavy atom. The third-order valence-corrected chi connectivity index (χ3v) is 7.03. The molecule has 1 saturated heterocycles. The number of hydrogen-bond acceptors (Lipinski definition) is 5. The zero-order valence-electron chi connectivity index (χ0n) is 19.7. The molecule has 0 spiro atoms. The van der Waals surface area contributed by atoms with Crippen LogP contribution in [0.3, 0.4) is 0 Å². The number of halogens is 1. The van der Waals surface area contributed by atoms with Crippen molar-refractivity contribution in [3.63, 3.8) is 0 Å². The van der Waals surface area contributed by atoms with E-state index < -0.39 is 6.04 Å². The number of ketones is 1. The highest BCUT2D eigenvalue weighted by Crippen LogP contribution is 2.36. The number of hydrogen-bond donors (Lipinski definition) is 2. The number of rotatable bonds is 8. The molecule has 2 heterocycles. The topological polar surface area (TPSA) is 71.1 Å². The van der Waals surface area contributed by atoms with Crippen LogP contribution in [0, 0.1) is 12.7 Å². The van der Waals surface area contributed by atoms with Gasteiger partial charge < -0.3 is 10.6 Å². The Labute approximate surface area is 203 Å². The van der Waals surface area contributed by atoms with Gasteiger partial charge in [0, 0.05) is 10.9 Å². The van der Waals surface area contributed by atoms with E-state index in [0.717, 1.165) is 18.0 Å². The fourth-order valence-electron chi connectivity index (χ4n) is 4.44. The maximum atomic E-state index is 15.9. The number of aryl methyl sites for hydroxylation is 1. The van der Waals surface area contributed by atoms with Gasteiger partial charge in [0.05, 0.1) is 23.2 Å². The molecule has 2 aromatic carbocycles. The van der Waals surface area contributed by atoms with Crippen LogP contribution in [0.2, 0.25) is 0 Å². The van der Waals surface area contributed by atoms with Crippen LogP contribution in [0.25, 0.3) is 11.1 Å². The van der Waals surface area contributed by atoms with Gasteiger partial charge in [-0.1, -0.05) is 56.3 Å². The molecule has 34 heavy (non-hydrogen) atoms. The van der Waals surface area contributed by atoms with Crippen LogP contribution in [-0.4, -0.2) is 29.3 Å². The van der Waals surface area contributed by atoms with Crippen LogP contribution in [-0.2, 0) is 16.0 Å². The molecule has 2 atom stereocenters. The van der Waals surface area contributed by atoms with Gasteiger partial charge in [0.1, 0.15) is 11.9 Å². The molecular weight excluding hydrogens is 449 g/mol. The number of Topliss-reactive ketones (excluding diaryl/α,β-unsaturated/α-hetero) is 1. The summed E-state index contributed by atoms with van der Waals surface area (Å²) < 4.78 is 15.9. The highest BCUT2D eigenvalue weighted by atomic mass is 32.1. The highest BCUT2D eigenvalue weighted by molar-refractivity contribution is 7.09. The van der Waals surface area contributed by atoms with Crippen molar-refractivity contribution in [3.05, 3.63) is 75.5 Å². The molecule has 1 aliphatic rings. The Hall–Kier alpha value is -2.90. The summed E-state index contributed by atoms with van der Waals surface area (Å²) in [5.41, 5.74) is 2.74. The lowest BCUT2D eigenvalue weighted by Crippen LogP contribution is -2.44. The minimum atomic E-state index is -0.983. The lowest BCUT2D eigenvalue weighted by atomic mass is 9.87.